The molecule has 0 aliphatic heterocycles. The van der Waals surface area contributed by atoms with E-state index in [9.17, 15) is 0 Å². The second kappa shape index (κ2) is 11.8. The molecule has 0 spiro atoms. The molecule has 0 N–H and O–H groups in total. The standard InChI is InChI=1S/C18H23BN5O/c1-5-7-16(8-6-2)12-25-13-17(19-14-20)11-21-22-18-10-9-15(3)23-24(18)4/h5-11,17H,1,12-13H2,2-4H3/b8-6-,16-7+,21-11+,22-18-. The van der Waals surface area contributed by atoms with E-state index in [-0.39, 0.29) is 5.82 Å². The number of rotatable bonds is 9. The van der Waals surface area contributed by atoms with E-state index in [1.165, 1.54) is 7.28 Å². The second-order valence-electron chi connectivity index (χ2n) is 5.27. The van der Waals surface area contributed by atoms with Crippen LogP contribution >= 0.6 is 0 Å². The maximum Gasteiger partial charge on any atom is 0.266 e. The van der Waals surface area contributed by atoms with Gasteiger partial charge in [-0.05, 0) is 37.5 Å². The number of ether oxygens (including phenoxy) is 1. The van der Waals surface area contributed by atoms with Crippen LogP contribution in [0.3, 0.4) is 0 Å². The van der Waals surface area contributed by atoms with Gasteiger partial charge in [-0.25, -0.2) is 9.94 Å². The van der Waals surface area contributed by atoms with Crippen molar-refractivity contribution < 1.29 is 4.74 Å². The third-order valence-electron chi connectivity index (χ3n) is 3.11. The van der Waals surface area contributed by atoms with Gasteiger partial charge in [-0.2, -0.15) is 10.2 Å². The van der Waals surface area contributed by atoms with Gasteiger partial charge >= 0.3 is 0 Å². The van der Waals surface area contributed by atoms with Gasteiger partial charge in [0, 0.05) is 25.7 Å². The van der Waals surface area contributed by atoms with Crippen LogP contribution in [0.5, 0.6) is 0 Å². The van der Waals surface area contributed by atoms with Crippen LogP contribution in [0.15, 0.2) is 58.8 Å². The van der Waals surface area contributed by atoms with Crippen molar-refractivity contribution in [2.75, 3.05) is 13.2 Å². The van der Waals surface area contributed by atoms with Gasteiger partial charge in [0.25, 0.3) is 7.28 Å². The van der Waals surface area contributed by atoms with Crippen LogP contribution in [0.4, 0.5) is 0 Å². The van der Waals surface area contributed by atoms with E-state index in [2.05, 4.69) is 21.9 Å². The minimum Gasteiger partial charge on any atom is -0.377 e. The summed E-state index contributed by atoms with van der Waals surface area (Å²) in [5.74, 6) is 1.78. The monoisotopic (exact) mass is 336 g/mol. The van der Waals surface area contributed by atoms with Crippen molar-refractivity contribution >= 4 is 13.5 Å². The highest BCUT2D eigenvalue weighted by molar-refractivity contribution is 6.51. The molecular formula is C18H23BN5O. The zero-order valence-electron chi connectivity index (χ0n) is 15.0. The number of hydrogen-bond acceptors (Lipinski definition) is 5. The molecule has 0 aliphatic carbocycles. The Hall–Kier alpha value is -2.72. The Kier molecular flexibility index (Phi) is 9.57. The van der Waals surface area contributed by atoms with Gasteiger partial charge in [-0.1, -0.05) is 30.9 Å². The zero-order valence-corrected chi connectivity index (χ0v) is 15.0. The molecule has 0 fully saturated rings. The molecule has 7 heteroatoms. The predicted molar refractivity (Wildman–Crippen MR) is 101 cm³/mol. The first-order valence-electron chi connectivity index (χ1n) is 7.93. The number of nitrogens with zero attached hydrogens (tertiary/aromatic N) is 5. The first kappa shape index (κ1) is 20.3. The maximum absolute atomic E-state index is 8.90. The molecule has 25 heavy (non-hydrogen) atoms. The van der Waals surface area contributed by atoms with Gasteiger partial charge in [0.15, 0.2) is 5.49 Å². The topological polar surface area (TPSA) is 75.6 Å². The number of allylic oxidation sites excluding steroid dienone is 3. The highest BCUT2D eigenvalue weighted by atomic mass is 16.5. The average molecular weight is 336 g/mol. The summed E-state index contributed by atoms with van der Waals surface area (Å²) in [5.41, 5.74) is 2.54. The van der Waals surface area contributed by atoms with Gasteiger partial charge in [0.05, 0.1) is 12.3 Å². The van der Waals surface area contributed by atoms with Crippen molar-refractivity contribution in [1.82, 2.24) is 9.78 Å². The molecule has 0 amide bonds. The van der Waals surface area contributed by atoms with Crippen molar-refractivity contribution in [3.63, 3.8) is 0 Å². The summed E-state index contributed by atoms with van der Waals surface area (Å²) in [6.07, 6.45) is 9.09. The molecule has 1 radical (unpaired) electrons. The normalized spacial score (nSPS) is 14.0. The molecule has 0 aromatic carbocycles. The lowest BCUT2D eigenvalue weighted by atomic mass is 9.67. The number of aryl methyl sites for hydroxylation is 2. The van der Waals surface area contributed by atoms with E-state index in [1.54, 1.807) is 24.0 Å². The van der Waals surface area contributed by atoms with Crippen LogP contribution in [0, 0.1) is 18.2 Å². The molecule has 6 nitrogen and oxygen atoms in total. The summed E-state index contributed by atoms with van der Waals surface area (Å²) < 4.78 is 7.31. The fraction of sp³-hybridized carbons (Fsp3) is 0.333. The summed E-state index contributed by atoms with van der Waals surface area (Å²) >= 11 is 0. The molecule has 1 aromatic rings. The van der Waals surface area contributed by atoms with Gasteiger partial charge in [-0.15, -0.1) is 5.10 Å². The van der Waals surface area contributed by atoms with Crippen LogP contribution in [-0.4, -0.2) is 36.5 Å². The summed E-state index contributed by atoms with van der Waals surface area (Å²) in [7, 11) is 3.27. The lowest BCUT2D eigenvalue weighted by molar-refractivity contribution is 0.166. The largest absolute Gasteiger partial charge is 0.377 e. The van der Waals surface area contributed by atoms with E-state index in [0.717, 1.165) is 11.3 Å². The Bertz CT molecular complexity index is 755. The van der Waals surface area contributed by atoms with Gasteiger partial charge < -0.3 is 4.74 Å². The quantitative estimate of drug-likeness (QED) is 0.300. The number of hydrogen-bond donors (Lipinski definition) is 0. The Morgan fingerprint density at radius 3 is 3.00 bits per heavy atom. The van der Waals surface area contributed by atoms with Gasteiger partial charge in [-0.3, -0.25) is 0 Å². The van der Waals surface area contributed by atoms with Crippen LogP contribution < -0.4 is 5.49 Å². The molecule has 1 rings (SSSR count). The zero-order chi connectivity index (χ0) is 18.5. The Balaban J connectivity index is 2.69. The fourth-order valence-corrected chi connectivity index (χ4v) is 1.96. The van der Waals surface area contributed by atoms with Crippen molar-refractivity contribution in [2.24, 2.45) is 17.3 Å². The first-order valence-corrected chi connectivity index (χ1v) is 7.93. The van der Waals surface area contributed by atoms with E-state index >= 15 is 0 Å². The minimum atomic E-state index is -0.243. The van der Waals surface area contributed by atoms with E-state index in [0.29, 0.717) is 18.7 Å². The second-order valence-corrected chi connectivity index (χ2v) is 5.27. The molecule has 1 unspecified atom stereocenters. The van der Waals surface area contributed by atoms with Crippen molar-refractivity contribution in [3.8, 4) is 5.97 Å². The van der Waals surface area contributed by atoms with E-state index in [1.807, 2.05) is 50.2 Å². The molecular weight excluding hydrogens is 313 g/mol. The van der Waals surface area contributed by atoms with Crippen molar-refractivity contribution in [3.05, 3.63) is 59.8 Å². The third-order valence-corrected chi connectivity index (χ3v) is 3.11. The fourth-order valence-electron chi connectivity index (χ4n) is 1.96. The average Bonchev–Trinajstić information content (AvgIpc) is 2.57. The van der Waals surface area contributed by atoms with Gasteiger partial charge in [0.2, 0.25) is 0 Å². The summed E-state index contributed by atoms with van der Waals surface area (Å²) in [6, 6.07) is 3.70. The Morgan fingerprint density at radius 2 is 2.36 bits per heavy atom. The molecule has 0 saturated heterocycles. The first-order chi connectivity index (χ1) is 12.1. The number of nitriles is 1. The molecule has 129 valence electrons. The summed E-state index contributed by atoms with van der Waals surface area (Å²) in [5, 5.41) is 21.3. The molecule has 1 atom stereocenters. The van der Waals surface area contributed by atoms with Crippen molar-refractivity contribution in [1.29, 1.82) is 5.26 Å². The molecule has 0 saturated carbocycles. The van der Waals surface area contributed by atoms with E-state index in [4.69, 9.17) is 10.00 Å². The van der Waals surface area contributed by atoms with Crippen molar-refractivity contribution in [2.45, 2.75) is 19.7 Å². The Labute approximate surface area is 149 Å². The third kappa shape index (κ3) is 8.09. The Morgan fingerprint density at radius 1 is 1.56 bits per heavy atom. The molecule has 0 bridgehead atoms. The maximum atomic E-state index is 8.90. The van der Waals surface area contributed by atoms with Crippen LogP contribution in [-0.2, 0) is 11.8 Å². The molecule has 1 heterocycles. The molecule has 0 aliphatic rings. The smallest absolute Gasteiger partial charge is 0.266 e. The lowest BCUT2D eigenvalue weighted by Gasteiger charge is -2.08. The van der Waals surface area contributed by atoms with E-state index < -0.39 is 0 Å². The van der Waals surface area contributed by atoms with Crippen LogP contribution in [0.25, 0.3) is 0 Å². The molecule has 1 aromatic heterocycles. The highest BCUT2D eigenvalue weighted by Crippen LogP contribution is 2.04. The number of aromatic nitrogens is 2. The SMILES string of the molecule is C=C/C=C(\C=C/C)COCC([B]C#N)/C=N/N=c1/ccc(C)nn1C. The van der Waals surface area contributed by atoms with Crippen LogP contribution in [0.1, 0.15) is 12.6 Å². The predicted octanol–water partition coefficient (Wildman–Crippen LogP) is 2.29. The van der Waals surface area contributed by atoms with Crippen LogP contribution in [0.2, 0.25) is 5.82 Å². The highest BCUT2D eigenvalue weighted by Gasteiger charge is 2.08. The lowest BCUT2D eigenvalue weighted by Crippen LogP contribution is -2.20. The summed E-state index contributed by atoms with van der Waals surface area (Å²) in [4.78, 5) is 0. The minimum absolute atomic E-state index is 0.243. The summed E-state index contributed by atoms with van der Waals surface area (Å²) in [6.45, 7) is 8.31. The van der Waals surface area contributed by atoms with Gasteiger partial charge in [0.1, 0.15) is 0 Å².